The SMILES string of the molecule is CCC(=O)O.Cc1ccccc1CC(=N)c1cn(-c2ccccn2)c2ccccc12. The van der Waals surface area contributed by atoms with E-state index < -0.39 is 5.97 Å². The number of nitrogens with one attached hydrogen (secondary N) is 1. The van der Waals surface area contributed by atoms with E-state index in [2.05, 4.69) is 40.7 Å². The standard InChI is InChI=1S/C22H19N3.C3H6O2/c1-16-8-2-3-9-17(16)14-20(23)19-15-25(22-12-6-7-13-24-22)21-11-5-4-10-18(19)21;1-2-3(4)5/h2-13,15,23H,14H2,1H3;2H2,1H3,(H,4,5). The van der Waals surface area contributed by atoms with Gasteiger partial charge < -0.3 is 15.1 Å². The summed E-state index contributed by atoms with van der Waals surface area (Å²) in [6.45, 7) is 3.70. The van der Waals surface area contributed by atoms with Crippen LogP contribution in [0.4, 0.5) is 0 Å². The molecule has 30 heavy (non-hydrogen) atoms. The molecule has 0 aliphatic rings. The molecule has 152 valence electrons. The zero-order valence-electron chi connectivity index (χ0n) is 17.2. The van der Waals surface area contributed by atoms with Crippen molar-refractivity contribution in [2.24, 2.45) is 0 Å². The highest BCUT2D eigenvalue weighted by Gasteiger charge is 2.14. The monoisotopic (exact) mass is 399 g/mol. The highest BCUT2D eigenvalue weighted by atomic mass is 16.4. The van der Waals surface area contributed by atoms with Gasteiger partial charge in [0, 0.05) is 41.9 Å². The summed E-state index contributed by atoms with van der Waals surface area (Å²) in [4.78, 5) is 13.8. The zero-order chi connectivity index (χ0) is 21.5. The molecule has 4 aromatic rings. The van der Waals surface area contributed by atoms with Crippen LogP contribution in [0.15, 0.2) is 79.1 Å². The van der Waals surface area contributed by atoms with Gasteiger partial charge in [-0.05, 0) is 36.2 Å². The molecule has 0 radical (unpaired) electrons. The fraction of sp³-hybridized carbons (Fsp3) is 0.160. The van der Waals surface area contributed by atoms with Gasteiger partial charge in [0.25, 0.3) is 0 Å². The predicted molar refractivity (Wildman–Crippen MR) is 121 cm³/mol. The van der Waals surface area contributed by atoms with Crippen LogP contribution in [-0.2, 0) is 11.2 Å². The molecule has 0 amide bonds. The van der Waals surface area contributed by atoms with Gasteiger partial charge in [-0.15, -0.1) is 0 Å². The Hall–Kier alpha value is -3.73. The minimum Gasteiger partial charge on any atom is -0.481 e. The van der Waals surface area contributed by atoms with Crippen molar-refractivity contribution >= 4 is 22.6 Å². The Morgan fingerprint density at radius 2 is 1.70 bits per heavy atom. The first-order valence-corrected chi connectivity index (χ1v) is 9.86. The van der Waals surface area contributed by atoms with Gasteiger partial charge in [0.15, 0.2) is 0 Å². The van der Waals surface area contributed by atoms with E-state index in [-0.39, 0.29) is 6.42 Å². The molecule has 0 aliphatic heterocycles. The molecule has 5 nitrogen and oxygen atoms in total. The number of benzene rings is 2. The Labute approximate surface area is 176 Å². The smallest absolute Gasteiger partial charge is 0.303 e. The Bertz CT molecular complexity index is 1160. The molecular weight excluding hydrogens is 374 g/mol. The largest absolute Gasteiger partial charge is 0.481 e. The highest BCUT2D eigenvalue weighted by molar-refractivity contribution is 6.10. The highest BCUT2D eigenvalue weighted by Crippen LogP contribution is 2.25. The van der Waals surface area contributed by atoms with Crippen molar-refractivity contribution in [3.63, 3.8) is 0 Å². The van der Waals surface area contributed by atoms with Crippen molar-refractivity contribution in [2.75, 3.05) is 0 Å². The number of aryl methyl sites for hydroxylation is 1. The molecule has 0 spiro atoms. The third-order valence-corrected chi connectivity index (χ3v) is 4.86. The molecule has 4 rings (SSSR count). The number of carboxylic acids is 1. The van der Waals surface area contributed by atoms with Crippen LogP contribution in [0.3, 0.4) is 0 Å². The summed E-state index contributed by atoms with van der Waals surface area (Å²) >= 11 is 0. The van der Waals surface area contributed by atoms with Gasteiger partial charge in [-0.2, -0.15) is 0 Å². The molecule has 0 bridgehead atoms. The number of para-hydroxylation sites is 1. The lowest BCUT2D eigenvalue weighted by molar-refractivity contribution is -0.136. The first kappa shape index (κ1) is 21.0. The van der Waals surface area contributed by atoms with Crippen molar-refractivity contribution < 1.29 is 9.90 Å². The van der Waals surface area contributed by atoms with Crippen molar-refractivity contribution in [1.82, 2.24) is 9.55 Å². The maximum atomic E-state index is 9.37. The van der Waals surface area contributed by atoms with Crippen molar-refractivity contribution in [2.45, 2.75) is 26.7 Å². The number of carbonyl (C=O) groups is 1. The zero-order valence-corrected chi connectivity index (χ0v) is 17.2. The van der Waals surface area contributed by atoms with Gasteiger partial charge in [0.05, 0.1) is 5.52 Å². The van der Waals surface area contributed by atoms with Gasteiger partial charge in [0.1, 0.15) is 5.82 Å². The van der Waals surface area contributed by atoms with Gasteiger partial charge in [0.2, 0.25) is 0 Å². The van der Waals surface area contributed by atoms with E-state index in [0.717, 1.165) is 22.3 Å². The van der Waals surface area contributed by atoms with E-state index in [1.54, 1.807) is 13.1 Å². The number of aromatic nitrogens is 2. The Morgan fingerprint density at radius 1 is 1.03 bits per heavy atom. The quantitative estimate of drug-likeness (QED) is 0.440. The third-order valence-electron chi connectivity index (χ3n) is 4.86. The number of hydrogen-bond donors (Lipinski definition) is 2. The number of fused-ring (bicyclic) bond motifs is 1. The lowest BCUT2D eigenvalue weighted by atomic mass is 9.99. The normalized spacial score (nSPS) is 10.3. The van der Waals surface area contributed by atoms with E-state index in [9.17, 15) is 4.79 Å². The third kappa shape index (κ3) is 4.81. The van der Waals surface area contributed by atoms with Crippen LogP contribution in [0, 0.1) is 12.3 Å². The molecule has 2 aromatic heterocycles. The molecular formula is C25H25N3O2. The summed E-state index contributed by atoms with van der Waals surface area (Å²) in [7, 11) is 0. The first-order valence-electron chi connectivity index (χ1n) is 9.86. The summed E-state index contributed by atoms with van der Waals surface area (Å²) in [5, 5.41) is 17.5. The van der Waals surface area contributed by atoms with E-state index in [4.69, 9.17) is 10.5 Å². The average molecular weight is 399 g/mol. The minimum atomic E-state index is -0.745. The maximum absolute atomic E-state index is 9.37. The van der Waals surface area contributed by atoms with E-state index >= 15 is 0 Å². The molecule has 0 saturated carbocycles. The molecule has 0 atom stereocenters. The number of pyridine rings is 1. The molecule has 2 heterocycles. The second kappa shape index (κ2) is 9.65. The fourth-order valence-corrected chi connectivity index (χ4v) is 3.20. The molecule has 5 heteroatoms. The molecule has 2 N–H and O–H groups in total. The fourth-order valence-electron chi connectivity index (χ4n) is 3.20. The number of carboxylic acid groups (broad SMARTS) is 1. The average Bonchev–Trinajstić information content (AvgIpc) is 3.16. The van der Waals surface area contributed by atoms with Crippen LogP contribution >= 0.6 is 0 Å². The van der Waals surface area contributed by atoms with Crippen LogP contribution in [-0.4, -0.2) is 26.3 Å². The first-order chi connectivity index (χ1) is 14.5. The maximum Gasteiger partial charge on any atom is 0.303 e. The lowest BCUT2D eigenvalue weighted by Gasteiger charge is -2.06. The van der Waals surface area contributed by atoms with Crippen LogP contribution in [0.2, 0.25) is 0 Å². The van der Waals surface area contributed by atoms with E-state index in [1.165, 1.54) is 11.1 Å². The van der Waals surface area contributed by atoms with Crippen LogP contribution in [0.5, 0.6) is 0 Å². The summed E-state index contributed by atoms with van der Waals surface area (Å²) in [6.07, 6.45) is 4.68. The lowest BCUT2D eigenvalue weighted by Crippen LogP contribution is -2.04. The summed E-state index contributed by atoms with van der Waals surface area (Å²) < 4.78 is 2.07. The van der Waals surface area contributed by atoms with Crippen molar-refractivity contribution in [3.8, 4) is 5.82 Å². The summed E-state index contributed by atoms with van der Waals surface area (Å²) in [5.41, 5.74) is 5.08. The number of hydrogen-bond acceptors (Lipinski definition) is 3. The van der Waals surface area contributed by atoms with Gasteiger partial charge in [-0.25, -0.2) is 4.98 Å². The van der Waals surface area contributed by atoms with Gasteiger partial charge in [-0.3, -0.25) is 4.79 Å². The second-order valence-corrected chi connectivity index (χ2v) is 6.95. The van der Waals surface area contributed by atoms with Gasteiger partial charge in [-0.1, -0.05) is 55.5 Å². The summed E-state index contributed by atoms with van der Waals surface area (Å²) in [6, 6.07) is 22.4. The van der Waals surface area contributed by atoms with Crippen molar-refractivity contribution in [1.29, 1.82) is 5.41 Å². The van der Waals surface area contributed by atoms with Crippen LogP contribution in [0.25, 0.3) is 16.7 Å². The molecule has 0 saturated heterocycles. The minimum absolute atomic E-state index is 0.222. The molecule has 2 aromatic carbocycles. The van der Waals surface area contributed by atoms with E-state index in [1.807, 2.05) is 48.7 Å². The molecule has 0 fully saturated rings. The molecule has 0 aliphatic carbocycles. The topological polar surface area (TPSA) is 79.0 Å². The predicted octanol–water partition coefficient (Wildman–Crippen LogP) is 5.43. The van der Waals surface area contributed by atoms with Crippen LogP contribution < -0.4 is 0 Å². The van der Waals surface area contributed by atoms with Crippen LogP contribution in [0.1, 0.15) is 30.0 Å². The Balaban J connectivity index is 0.000000461. The van der Waals surface area contributed by atoms with Gasteiger partial charge >= 0.3 is 5.97 Å². The van der Waals surface area contributed by atoms with E-state index in [0.29, 0.717) is 12.1 Å². The molecule has 0 unspecified atom stereocenters. The number of rotatable bonds is 5. The Kier molecular flexibility index (Phi) is 6.75. The summed E-state index contributed by atoms with van der Waals surface area (Å²) in [5.74, 6) is 0.124. The number of aliphatic carboxylic acids is 1. The van der Waals surface area contributed by atoms with Crippen molar-refractivity contribution in [3.05, 3.63) is 95.8 Å². The Morgan fingerprint density at radius 3 is 2.37 bits per heavy atom. The second-order valence-electron chi connectivity index (χ2n) is 6.95. The number of nitrogens with zero attached hydrogens (tertiary/aromatic N) is 2.